The van der Waals surface area contributed by atoms with Crippen molar-refractivity contribution in [1.29, 1.82) is 0 Å². The van der Waals surface area contributed by atoms with Gasteiger partial charge < -0.3 is 9.88 Å². The Morgan fingerprint density at radius 3 is 2.86 bits per heavy atom. The lowest BCUT2D eigenvalue weighted by atomic mass is 10.1. The Labute approximate surface area is 124 Å². The van der Waals surface area contributed by atoms with E-state index in [4.69, 9.17) is 0 Å². The lowest BCUT2D eigenvalue weighted by Crippen LogP contribution is -2.45. The van der Waals surface area contributed by atoms with Crippen LogP contribution in [-0.4, -0.2) is 33.7 Å². The maximum atomic E-state index is 12.3. The van der Waals surface area contributed by atoms with Crippen LogP contribution >= 0.6 is 0 Å². The van der Waals surface area contributed by atoms with Crippen LogP contribution in [-0.2, 0) is 11.2 Å². The van der Waals surface area contributed by atoms with Crippen LogP contribution in [0.4, 0.5) is 0 Å². The number of nitrogens with zero attached hydrogens (tertiary/aromatic N) is 2. The molecule has 1 aromatic heterocycles. The molecule has 1 aromatic carbocycles. The standard InChI is InChI=1S/C17H21N3O/c1-4-17(3)19-12(2)16(21)20(17)10-9-13-11-18-15-8-6-5-7-14(13)15/h5-8,11,18H,4,9-10H2,1-3H3/t17-/m1/s1. The predicted molar refractivity (Wildman–Crippen MR) is 85.5 cm³/mol. The van der Waals surface area contributed by atoms with Gasteiger partial charge in [0.1, 0.15) is 5.66 Å². The van der Waals surface area contributed by atoms with Crippen molar-refractivity contribution in [1.82, 2.24) is 9.88 Å². The van der Waals surface area contributed by atoms with Crippen LogP contribution in [0.3, 0.4) is 0 Å². The van der Waals surface area contributed by atoms with Crippen LogP contribution in [0.15, 0.2) is 35.5 Å². The van der Waals surface area contributed by atoms with Crippen LogP contribution in [0.25, 0.3) is 10.9 Å². The molecule has 1 amide bonds. The second-order valence-corrected chi connectivity index (χ2v) is 5.83. The molecule has 0 bridgehead atoms. The van der Waals surface area contributed by atoms with E-state index in [1.54, 1.807) is 0 Å². The van der Waals surface area contributed by atoms with Crippen LogP contribution < -0.4 is 0 Å². The molecule has 0 radical (unpaired) electrons. The molecule has 0 fully saturated rings. The first-order chi connectivity index (χ1) is 10.0. The zero-order valence-corrected chi connectivity index (χ0v) is 12.8. The van der Waals surface area contributed by atoms with E-state index in [1.165, 1.54) is 10.9 Å². The Bertz CT molecular complexity index is 716. The van der Waals surface area contributed by atoms with Crippen molar-refractivity contribution in [2.45, 2.75) is 39.3 Å². The molecular formula is C17H21N3O. The second-order valence-electron chi connectivity index (χ2n) is 5.83. The van der Waals surface area contributed by atoms with Gasteiger partial charge in [0.15, 0.2) is 0 Å². The highest BCUT2D eigenvalue weighted by molar-refractivity contribution is 6.39. The summed E-state index contributed by atoms with van der Waals surface area (Å²) in [6, 6.07) is 8.26. The van der Waals surface area contributed by atoms with Gasteiger partial charge in [-0.1, -0.05) is 25.1 Å². The zero-order valence-electron chi connectivity index (χ0n) is 12.8. The van der Waals surface area contributed by atoms with Gasteiger partial charge >= 0.3 is 0 Å². The van der Waals surface area contributed by atoms with Crippen molar-refractivity contribution in [3.63, 3.8) is 0 Å². The second kappa shape index (κ2) is 5.02. The van der Waals surface area contributed by atoms with Crippen molar-refractivity contribution in [3.8, 4) is 0 Å². The van der Waals surface area contributed by atoms with Gasteiger partial charge in [0.2, 0.25) is 0 Å². The molecule has 0 spiro atoms. The number of benzene rings is 1. The molecular weight excluding hydrogens is 262 g/mol. The molecule has 0 aliphatic carbocycles. The summed E-state index contributed by atoms with van der Waals surface area (Å²) < 4.78 is 0. The highest BCUT2D eigenvalue weighted by Gasteiger charge is 2.39. The quantitative estimate of drug-likeness (QED) is 0.920. The predicted octanol–water partition coefficient (Wildman–Crippen LogP) is 3.14. The Hall–Kier alpha value is -2.10. The molecule has 21 heavy (non-hydrogen) atoms. The molecule has 1 aliphatic rings. The van der Waals surface area contributed by atoms with E-state index in [0.29, 0.717) is 12.3 Å². The normalized spacial score (nSPS) is 22.1. The fraction of sp³-hybridized carbons (Fsp3) is 0.412. The van der Waals surface area contributed by atoms with Gasteiger partial charge in [0.25, 0.3) is 5.91 Å². The molecule has 110 valence electrons. The zero-order chi connectivity index (χ0) is 15.0. The number of carbonyl (C=O) groups excluding carboxylic acids is 1. The van der Waals surface area contributed by atoms with Crippen molar-refractivity contribution >= 4 is 22.5 Å². The van der Waals surface area contributed by atoms with Crippen molar-refractivity contribution in [2.75, 3.05) is 6.54 Å². The molecule has 1 aliphatic heterocycles. The fourth-order valence-corrected chi connectivity index (χ4v) is 3.07. The van der Waals surface area contributed by atoms with Crippen LogP contribution in [0.5, 0.6) is 0 Å². The summed E-state index contributed by atoms with van der Waals surface area (Å²) in [5, 5.41) is 1.24. The Morgan fingerprint density at radius 2 is 2.10 bits per heavy atom. The van der Waals surface area contributed by atoms with E-state index >= 15 is 0 Å². The summed E-state index contributed by atoms with van der Waals surface area (Å²) in [5.74, 6) is 0.0687. The summed E-state index contributed by atoms with van der Waals surface area (Å²) in [6.45, 7) is 6.62. The van der Waals surface area contributed by atoms with Gasteiger partial charge in [-0.25, -0.2) is 0 Å². The van der Waals surface area contributed by atoms with Gasteiger partial charge in [-0.15, -0.1) is 0 Å². The minimum absolute atomic E-state index is 0.0687. The average Bonchev–Trinajstić information content (AvgIpc) is 2.99. The Balaban J connectivity index is 1.80. The van der Waals surface area contributed by atoms with E-state index in [-0.39, 0.29) is 11.6 Å². The molecule has 1 atom stereocenters. The summed E-state index contributed by atoms with van der Waals surface area (Å²) in [7, 11) is 0. The Kier molecular flexibility index (Phi) is 3.32. The number of amides is 1. The van der Waals surface area contributed by atoms with Crippen LogP contribution in [0.1, 0.15) is 32.8 Å². The topological polar surface area (TPSA) is 48.5 Å². The van der Waals surface area contributed by atoms with E-state index in [9.17, 15) is 4.79 Å². The van der Waals surface area contributed by atoms with Crippen molar-refractivity contribution in [2.24, 2.45) is 4.99 Å². The first-order valence-electron chi connectivity index (χ1n) is 7.48. The number of aromatic amines is 1. The van der Waals surface area contributed by atoms with Gasteiger partial charge in [-0.3, -0.25) is 9.79 Å². The maximum absolute atomic E-state index is 12.3. The number of carbonyl (C=O) groups is 1. The molecule has 0 saturated heterocycles. The average molecular weight is 283 g/mol. The maximum Gasteiger partial charge on any atom is 0.269 e. The molecule has 0 saturated carbocycles. The lowest BCUT2D eigenvalue weighted by molar-refractivity contribution is -0.127. The fourth-order valence-electron chi connectivity index (χ4n) is 3.07. The van der Waals surface area contributed by atoms with Crippen LogP contribution in [0, 0.1) is 0 Å². The third kappa shape index (κ3) is 2.24. The highest BCUT2D eigenvalue weighted by atomic mass is 16.2. The number of hydrogen-bond donors (Lipinski definition) is 1. The monoisotopic (exact) mass is 283 g/mol. The first kappa shape index (κ1) is 13.9. The van der Waals surface area contributed by atoms with Crippen molar-refractivity contribution in [3.05, 3.63) is 36.0 Å². The SMILES string of the molecule is CC[C@]1(C)N=C(C)C(=O)N1CCc1c[nH]c2ccccc12. The number of fused-ring (bicyclic) bond motifs is 1. The summed E-state index contributed by atoms with van der Waals surface area (Å²) >= 11 is 0. The molecule has 4 nitrogen and oxygen atoms in total. The van der Waals surface area contributed by atoms with Gasteiger partial charge in [0, 0.05) is 23.6 Å². The number of rotatable bonds is 4. The molecule has 2 aromatic rings. The molecule has 3 rings (SSSR count). The molecule has 0 unspecified atom stereocenters. The molecule has 4 heteroatoms. The summed E-state index contributed by atoms with van der Waals surface area (Å²) in [5.41, 5.74) is 2.64. The van der Waals surface area contributed by atoms with E-state index in [1.807, 2.05) is 37.1 Å². The third-order valence-corrected chi connectivity index (χ3v) is 4.49. The minimum Gasteiger partial charge on any atom is -0.361 e. The number of para-hydroxylation sites is 1. The number of aliphatic imine (C=N–C) groups is 1. The summed E-state index contributed by atoms with van der Waals surface area (Å²) in [6.07, 6.45) is 3.72. The molecule has 1 N–H and O–H groups in total. The van der Waals surface area contributed by atoms with Crippen molar-refractivity contribution < 1.29 is 4.79 Å². The summed E-state index contributed by atoms with van der Waals surface area (Å²) in [4.78, 5) is 22.0. The molecule has 2 heterocycles. The smallest absolute Gasteiger partial charge is 0.269 e. The Morgan fingerprint density at radius 1 is 1.33 bits per heavy atom. The minimum atomic E-state index is -0.382. The van der Waals surface area contributed by atoms with E-state index in [2.05, 4.69) is 29.0 Å². The van der Waals surface area contributed by atoms with E-state index in [0.717, 1.165) is 18.4 Å². The van der Waals surface area contributed by atoms with E-state index < -0.39 is 0 Å². The van der Waals surface area contributed by atoms with Crippen LogP contribution in [0.2, 0.25) is 0 Å². The number of hydrogen-bond acceptors (Lipinski definition) is 2. The number of aromatic nitrogens is 1. The van der Waals surface area contributed by atoms with Gasteiger partial charge in [0.05, 0.1) is 5.71 Å². The van der Waals surface area contributed by atoms with Gasteiger partial charge in [-0.05, 0) is 38.3 Å². The first-order valence-corrected chi connectivity index (χ1v) is 7.48. The number of nitrogens with one attached hydrogen (secondary N) is 1. The number of H-pyrrole nitrogens is 1. The highest BCUT2D eigenvalue weighted by Crippen LogP contribution is 2.28. The lowest BCUT2D eigenvalue weighted by Gasteiger charge is -2.32. The largest absolute Gasteiger partial charge is 0.361 e. The third-order valence-electron chi connectivity index (χ3n) is 4.49. The van der Waals surface area contributed by atoms with Gasteiger partial charge in [-0.2, -0.15) is 0 Å².